The smallest absolute Gasteiger partial charge is 0.193 e. The predicted molar refractivity (Wildman–Crippen MR) is 103 cm³/mol. The van der Waals surface area contributed by atoms with Crippen LogP contribution in [-0.2, 0) is 11.3 Å². The lowest BCUT2D eigenvalue weighted by Crippen LogP contribution is -2.39. The third-order valence-electron chi connectivity index (χ3n) is 3.71. The Morgan fingerprint density at radius 3 is 2.86 bits per heavy atom. The minimum absolute atomic E-state index is 0. The van der Waals surface area contributed by atoms with Crippen molar-refractivity contribution in [2.75, 3.05) is 27.2 Å². The molecule has 124 valence electrons. The lowest BCUT2D eigenvalue weighted by atomic mass is 10.2. The number of rotatable bonds is 5. The van der Waals surface area contributed by atoms with Crippen LogP contribution >= 0.6 is 35.6 Å². The van der Waals surface area contributed by atoms with Gasteiger partial charge < -0.3 is 15.0 Å². The number of hydrogen-bond donors (Lipinski definition) is 1. The van der Waals surface area contributed by atoms with E-state index >= 15 is 0 Å². The van der Waals surface area contributed by atoms with Crippen molar-refractivity contribution in [2.24, 2.45) is 4.99 Å². The highest BCUT2D eigenvalue weighted by molar-refractivity contribution is 14.0. The first-order valence-corrected chi connectivity index (χ1v) is 7.85. The third-order valence-corrected chi connectivity index (χ3v) is 4.08. The fourth-order valence-electron chi connectivity index (χ4n) is 2.56. The molecule has 4 nitrogen and oxygen atoms in total. The van der Waals surface area contributed by atoms with Gasteiger partial charge in [0, 0.05) is 38.8 Å². The van der Waals surface area contributed by atoms with E-state index in [9.17, 15) is 0 Å². The minimum atomic E-state index is 0. The highest BCUT2D eigenvalue weighted by Gasteiger charge is 2.15. The molecule has 1 atom stereocenters. The summed E-state index contributed by atoms with van der Waals surface area (Å²) in [5.41, 5.74) is 1.10. The van der Waals surface area contributed by atoms with Gasteiger partial charge in [-0.3, -0.25) is 4.99 Å². The van der Waals surface area contributed by atoms with Gasteiger partial charge in [0.2, 0.25) is 0 Å². The van der Waals surface area contributed by atoms with Crippen molar-refractivity contribution >= 4 is 41.5 Å². The molecule has 1 aliphatic rings. The lowest BCUT2D eigenvalue weighted by molar-refractivity contribution is 0.105. The zero-order valence-electron chi connectivity index (χ0n) is 13.2. The number of guanidine groups is 1. The maximum Gasteiger partial charge on any atom is 0.193 e. The Kier molecular flexibility index (Phi) is 9.12. The van der Waals surface area contributed by atoms with Gasteiger partial charge in [0.25, 0.3) is 0 Å². The van der Waals surface area contributed by atoms with Gasteiger partial charge in [-0.2, -0.15) is 0 Å². The fraction of sp³-hybridized carbons (Fsp3) is 0.562. The summed E-state index contributed by atoms with van der Waals surface area (Å²) >= 11 is 6.20. The topological polar surface area (TPSA) is 36.9 Å². The zero-order valence-corrected chi connectivity index (χ0v) is 16.3. The van der Waals surface area contributed by atoms with E-state index in [1.54, 1.807) is 7.05 Å². The van der Waals surface area contributed by atoms with Gasteiger partial charge in [0.05, 0.1) is 6.10 Å². The first kappa shape index (κ1) is 19.5. The standard InChI is InChI=1S/C16H24ClN3O.HI/c1-18-16(19-10-9-14-7-5-11-21-14)20(2)12-13-6-3-4-8-15(13)17;/h3-4,6,8,14H,5,7,9-12H2,1-2H3,(H,18,19);1H. The van der Waals surface area contributed by atoms with E-state index in [1.165, 1.54) is 12.8 Å². The average molecular weight is 438 g/mol. The van der Waals surface area contributed by atoms with E-state index < -0.39 is 0 Å². The van der Waals surface area contributed by atoms with Crippen LogP contribution in [0.5, 0.6) is 0 Å². The average Bonchev–Trinajstić information content (AvgIpc) is 2.99. The molecule has 0 bridgehead atoms. The summed E-state index contributed by atoms with van der Waals surface area (Å²) in [6, 6.07) is 7.90. The monoisotopic (exact) mass is 437 g/mol. The number of hydrogen-bond acceptors (Lipinski definition) is 2. The Balaban J connectivity index is 0.00000242. The molecule has 0 radical (unpaired) electrons. The van der Waals surface area contributed by atoms with Crippen LogP contribution in [0.25, 0.3) is 0 Å². The largest absolute Gasteiger partial charge is 0.378 e. The van der Waals surface area contributed by atoms with E-state index in [0.717, 1.165) is 42.7 Å². The molecule has 0 saturated carbocycles. The lowest BCUT2D eigenvalue weighted by Gasteiger charge is -2.23. The Morgan fingerprint density at radius 2 is 2.23 bits per heavy atom. The molecule has 1 fully saturated rings. The van der Waals surface area contributed by atoms with Gasteiger partial charge >= 0.3 is 0 Å². The normalized spacial score (nSPS) is 18.0. The van der Waals surface area contributed by atoms with Gasteiger partial charge in [-0.1, -0.05) is 29.8 Å². The number of nitrogens with zero attached hydrogens (tertiary/aromatic N) is 2. The number of nitrogens with one attached hydrogen (secondary N) is 1. The van der Waals surface area contributed by atoms with E-state index in [0.29, 0.717) is 6.10 Å². The number of aliphatic imine (C=N–C) groups is 1. The van der Waals surface area contributed by atoms with Crippen LogP contribution in [0.3, 0.4) is 0 Å². The third kappa shape index (κ3) is 5.93. The van der Waals surface area contributed by atoms with Crippen molar-refractivity contribution in [3.63, 3.8) is 0 Å². The SMILES string of the molecule is CN=C(NCCC1CCCO1)N(C)Cc1ccccc1Cl.I. The summed E-state index contributed by atoms with van der Waals surface area (Å²) in [5.74, 6) is 0.882. The van der Waals surface area contributed by atoms with Crippen LogP contribution in [-0.4, -0.2) is 44.2 Å². The second kappa shape index (κ2) is 10.3. The van der Waals surface area contributed by atoms with Gasteiger partial charge in [-0.25, -0.2) is 0 Å². The molecule has 2 rings (SSSR count). The molecule has 1 N–H and O–H groups in total. The molecule has 1 aliphatic heterocycles. The van der Waals surface area contributed by atoms with Crippen LogP contribution in [0, 0.1) is 0 Å². The molecule has 0 aromatic heterocycles. The van der Waals surface area contributed by atoms with Crippen molar-refractivity contribution in [1.29, 1.82) is 0 Å². The molecule has 1 heterocycles. The zero-order chi connectivity index (χ0) is 15.1. The molecule has 1 saturated heterocycles. The molecule has 1 unspecified atom stereocenters. The second-order valence-corrected chi connectivity index (χ2v) is 5.75. The molecule has 0 spiro atoms. The van der Waals surface area contributed by atoms with Crippen LogP contribution in [0.4, 0.5) is 0 Å². The van der Waals surface area contributed by atoms with Crippen molar-refractivity contribution in [2.45, 2.75) is 31.9 Å². The van der Waals surface area contributed by atoms with E-state index in [1.807, 2.05) is 31.3 Å². The van der Waals surface area contributed by atoms with Gasteiger partial charge in [-0.05, 0) is 30.9 Å². The summed E-state index contributed by atoms with van der Waals surface area (Å²) in [6.07, 6.45) is 3.80. The van der Waals surface area contributed by atoms with E-state index in [2.05, 4.69) is 15.2 Å². The first-order chi connectivity index (χ1) is 10.2. The molecule has 0 aliphatic carbocycles. The van der Waals surface area contributed by atoms with Crippen molar-refractivity contribution in [1.82, 2.24) is 10.2 Å². The Labute approximate surface area is 155 Å². The van der Waals surface area contributed by atoms with Gasteiger partial charge in [-0.15, -0.1) is 24.0 Å². The Morgan fingerprint density at radius 1 is 1.45 bits per heavy atom. The molecular weight excluding hydrogens is 413 g/mol. The second-order valence-electron chi connectivity index (χ2n) is 5.35. The maximum absolute atomic E-state index is 6.20. The summed E-state index contributed by atoms with van der Waals surface area (Å²) < 4.78 is 5.63. The van der Waals surface area contributed by atoms with Gasteiger partial charge in [0.1, 0.15) is 0 Å². The first-order valence-electron chi connectivity index (χ1n) is 7.47. The maximum atomic E-state index is 6.20. The summed E-state index contributed by atoms with van der Waals surface area (Å²) in [4.78, 5) is 6.41. The number of benzene rings is 1. The van der Waals surface area contributed by atoms with Crippen molar-refractivity contribution in [3.8, 4) is 0 Å². The van der Waals surface area contributed by atoms with E-state index in [4.69, 9.17) is 16.3 Å². The molecular formula is C16H25ClIN3O. The molecule has 1 aromatic rings. The van der Waals surface area contributed by atoms with Crippen LogP contribution < -0.4 is 5.32 Å². The highest BCUT2D eigenvalue weighted by atomic mass is 127. The number of ether oxygens (including phenoxy) is 1. The van der Waals surface area contributed by atoms with Gasteiger partial charge in [0.15, 0.2) is 5.96 Å². The minimum Gasteiger partial charge on any atom is -0.378 e. The summed E-state index contributed by atoms with van der Waals surface area (Å²) in [7, 11) is 3.82. The van der Waals surface area contributed by atoms with E-state index in [-0.39, 0.29) is 24.0 Å². The van der Waals surface area contributed by atoms with Crippen LogP contribution in [0.1, 0.15) is 24.8 Å². The quantitative estimate of drug-likeness (QED) is 0.435. The van der Waals surface area contributed by atoms with Crippen molar-refractivity contribution < 1.29 is 4.74 Å². The van der Waals surface area contributed by atoms with Crippen LogP contribution in [0.2, 0.25) is 5.02 Å². The fourth-order valence-corrected chi connectivity index (χ4v) is 2.75. The highest BCUT2D eigenvalue weighted by Crippen LogP contribution is 2.17. The van der Waals surface area contributed by atoms with Crippen molar-refractivity contribution in [3.05, 3.63) is 34.9 Å². The Bertz CT molecular complexity index is 478. The molecule has 6 heteroatoms. The molecule has 1 aromatic carbocycles. The molecule has 22 heavy (non-hydrogen) atoms. The predicted octanol–water partition coefficient (Wildman–Crippen LogP) is 3.53. The summed E-state index contributed by atoms with van der Waals surface area (Å²) in [6.45, 7) is 2.52. The van der Waals surface area contributed by atoms with Crippen LogP contribution in [0.15, 0.2) is 29.3 Å². The Hall–Kier alpha value is -0.530. The summed E-state index contributed by atoms with van der Waals surface area (Å²) in [5, 5.41) is 4.18. The number of halogens is 2. The molecule has 0 amide bonds.